The number of aryl methyl sites for hydroxylation is 1. The van der Waals surface area contributed by atoms with Crippen molar-refractivity contribution in [2.24, 2.45) is 0 Å². The number of carbonyl (C=O) groups excluding carboxylic acids is 1. The van der Waals surface area contributed by atoms with Crippen LogP contribution in [0, 0.1) is 6.92 Å². The maximum absolute atomic E-state index is 11.9. The molecule has 1 aromatic carbocycles. The van der Waals surface area contributed by atoms with Crippen LogP contribution in [-0.2, 0) is 0 Å². The molecule has 0 bridgehead atoms. The van der Waals surface area contributed by atoms with Gasteiger partial charge in [-0.1, -0.05) is 43.0 Å². The number of nitrogens with zero attached hydrogens (tertiary/aromatic N) is 1. The van der Waals surface area contributed by atoms with Crippen LogP contribution in [0.5, 0.6) is 0 Å². The second-order valence-electron chi connectivity index (χ2n) is 4.15. The fourth-order valence-corrected chi connectivity index (χ4v) is 2.10. The molecular weight excluding hydrogens is 222 g/mol. The molecule has 2 aromatic rings. The molecule has 0 aliphatic carbocycles. The average Bonchev–Trinajstić information content (AvgIpc) is 2.35. The molecule has 0 amide bonds. The molecule has 90 valence electrons. The molecule has 0 N–H and O–H groups in total. The van der Waals surface area contributed by atoms with Crippen LogP contribution in [0.25, 0.3) is 17.0 Å². The smallest absolute Gasteiger partial charge is 0.161 e. The lowest BCUT2D eigenvalue weighted by atomic mass is 9.97. The number of aromatic nitrogens is 1. The van der Waals surface area contributed by atoms with Crippen LogP contribution in [-0.4, -0.2) is 10.8 Å². The fourth-order valence-electron chi connectivity index (χ4n) is 2.10. The van der Waals surface area contributed by atoms with Gasteiger partial charge in [-0.3, -0.25) is 9.78 Å². The summed E-state index contributed by atoms with van der Waals surface area (Å²) in [5.41, 5.74) is 3.32. The van der Waals surface area contributed by atoms with Gasteiger partial charge >= 0.3 is 0 Å². The van der Waals surface area contributed by atoms with Gasteiger partial charge in [0.05, 0.1) is 5.52 Å². The molecule has 0 radical (unpaired) electrons. The van der Waals surface area contributed by atoms with Gasteiger partial charge in [0.2, 0.25) is 0 Å². The number of hydrogen-bond donors (Lipinski definition) is 0. The Kier molecular flexibility index (Phi) is 3.38. The highest BCUT2D eigenvalue weighted by molar-refractivity contribution is 6.09. The summed E-state index contributed by atoms with van der Waals surface area (Å²) in [7, 11) is 0. The van der Waals surface area contributed by atoms with Crippen LogP contribution in [0.15, 0.2) is 43.0 Å². The Labute approximate surface area is 107 Å². The topological polar surface area (TPSA) is 30.0 Å². The summed E-state index contributed by atoms with van der Waals surface area (Å²) < 4.78 is 0. The van der Waals surface area contributed by atoms with Gasteiger partial charge in [0.15, 0.2) is 5.78 Å². The molecule has 0 aliphatic rings. The minimum atomic E-state index is 0.0559. The first-order chi connectivity index (χ1) is 8.65. The van der Waals surface area contributed by atoms with Gasteiger partial charge in [0.1, 0.15) is 0 Å². The van der Waals surface area contributed by atoms with Crippen molar-refractivity contribution in [3.63, 3.8) is 0 Å². The number of pyridine rings is 1. The number of benzene rings is 1. The third-order valence-corrected chi connectivity index (χ3v) is 2.87. The van der Waals surface area contributed by atoms with Crippen LogP contribution in [0.2, 0.25) is 0 Å². The minimum Gasteiger partial charge on any atom is -0.294 e. The van der Waals surface area contributed by atoms with E-state index in [1.807, 2.05) is 43.3 Å². The third kappa shape index (κ3) is 2.09. The van der Waals surface area contributed by atoms with E-state index in [2.05, 4.69) is 11.6 Å². The molecule has 18 heavy (non-hydrogen) atoms. The molecule has 0 spiro atoms. The summed E-state index contributed by atoms with van der Waals surface area (Å²) >= 11 is 0. The van der Waals surface area contributed by atoms with Crippen molar-refractivity contribution in [1.29, 1.82) is 0 Å². The molecule has 0 fully saturated rings. The average molecular weight is 237 g/mol. The van der Waals surface area contributed by atoms with Crippen molar-refractivity contribution in [3.05, 3.63) is 59.8 Å². The highest BCUT2D eigenvalue weighted by atomic mass is 16.1. The van der Waals surface area contributed by atoms with Crippen molar-refractivity contribution in [1.82, 2.24) is 4.98 Å². The lowest BCUT2D eigenvalue weighted by Crippen LogP contribution is -2.02. The quantitative estimate of drug-likeness (QED) is 0.597. The van der Waals surface area contributed by atoms with Crippen molar-refractivity contribution in [2.45, 2.75) is 13.8 Å². The molecule has 2 nitrogen and oxygen atoms in total. The molecule has 2 rings (SSSR count). The fraction of sp³-hybridized carbons (Fsp3) is 0.125. The number of carbonyl (C=O) groups is 1. The third-order valence-electron chi connectivity index (χ3n) is 2.87. The lowest BCUT2D eigenvalue weighted by Gasteiger charge is -2.10. The summed E-state index contributed by atoms with van der Waals surface area (Å²) in [6, 6.07) is 7.71. The van der Waals surface area contributed by atoms with Gasteiger partial charge in [-0.25, -0.2) is 0 Å². The monoisotopic (exact) mass is 237 g/mol. The summed E-state index contributed by atoms with van der Waals surface area (Å²) in [5.74, 6) is 0.0559. The standard InChI is InChI=1S/C16H15NO/c1-4-5-8-13-11(2)17-15-10-7-6-9-14(15)16(13)12(3)18/h4-10H,1H2,2-3H3/b8-5-. The molecule has 2 heteroatoms. The Morgan fingerprint density at radius 1 is 1.33 bits per heavy atom. The van der Waals surface area contributed by atoms with E-state index < -0.39 is 0 Å². The Morgan fingerprint density at radius 2 is 2.06 bits per heavy atom. The van der Waals surface area contributed by atoms with Crippen LogP contribution in [0.1, 0.15) is 28.5 Å². The maximum Gasteiger partial charge on any atom is 0.161 e. The molecule has 0 aliphatic heterocycles. The van der Waals surface area contributed by atoms with E-state index in [0.717, 1.165) is 27.7 Å². The molecular formula is C16H15NO. The zero-order valence-electron chi connectivity index (χ0n) is 10.6. The summed E-state index contributed by atoms with van der Waals surface area (Å²) in [4.78, 5) is 16.4. The zero-order valence-corrected chi connectivity index (χ0v) is 10.6. The van der Waals surface area contributed by atoms with Crippen molar-refractivity contribution in [3.8, 4) is 0 Å². The van der Waals surface area contributed by atoms with Gasteiger partial charge in [-0.15, -0.1) is 0 Å². The highest BCUT2D eigenvalue weighted by Crippen LogP contribution is 2.24. The largest absolute Gasteiger partial charge is 0.294 e. The highest BCUT2D eigenvalue weighted by Gasteiger charge is 2.13. The van der Waals surface area contributed by atoms with Crippen LogP contribution in [0.4, 0.5) is 0 Å². The number of Topliss-reactive ketones (excluding diaryl/α,β-unsaturated/α-hetero) is 1. The number of rotatable bonds is 3. The first-order valence-corrected chi connectivity index (χ1v) is 5.84. The Morgan fingerprint density at radius 3 is 2.72 bits per heavy atom. The van der Waals surface area contributed by atoms with Crippen LogP contribution < -0.4 is 0 Å². The van der Waals surface area contributed by atoms with E-state index in [9.17, 15) is 4.79 Å². The number of allylic oxidation sites excluding steroid dienone is 2. The summed E-state index contributed by atoms with van der Waals surface area (Å²) in [6.45, 7) is 7.16. The molecule has 1 aromatic heterocycles. The van der Waals surface area contributed by atoms with Crippen molar-refractivity contribution in [2.75, 3.05) is 0 Å². The van der Waals surface area contributed by atoms with Crippen LogP contribution in [0.3, 0.4) is 0 Å². The molecule has 1 heterocycles. The minimum absolute atomic E-state index is 0.0559. The van der Waals surface area contributed by atoms with Gasteiger partial charge in [0, 0.05) is 22.2 Å². The van der Waals surface area contributed by atoms with Gasteiger partial charge in [0.25, 0.3) is 0 Å². The number of hydrogen-bond acceptors (Lipinski definition) is 2. The predicted molar refractivity (Wildman–Crippen MR) is 75.7 cm³/mol. The van der Waals surface area contributed by atoms with Gasteiger partial charge in [-0.2, -0.15) is 0 Å². The van der Waals surface area contributed by atoms with Gasteiger partial charge < -0.3 is 0 Å². The summed E-state index contributed by atoms with van der Waals surface area (Å²) in [5, 5.41) is 0.902. The molecule has 0 saturated carbocycles. The van der Waals surface area contributed by atoms with Crippen molar-refractivity contribution < 1.29 is 4.79 Å². The van der Waals surface area contributed by atoms with E-state index >= 15 is 0 Å². The van der Waals surface area contributed by atoms with Crippen molar-refractivity contribution >= 4 is 22.8 Å². The Bertz CT molecular complexity index is 653. The second kappa shape index (κ2) is 4.96. The maximum atomic E-state index is 11.9. The predicted octanol–water partition coefficient (Wildman–Crippen LogP) is 3.95. The molecule has 0 unspecified atom stereocenters. The second-order valence-corrected chi connectivity index (χ2v) is 4.15. The van der Waals surface area contributed by atoms with E-state index in [1.165, 1.54) is 0 Å². The Hall–Kier alpha value is -2.22. The molecule has 0 saturated heterocycles. The number of ketones is 1. The van der Waals surface area contributed by atoms with Gasteiger partial charge in [-0.05, 0) is 19.9 Å². The number of para-hydroxylation sites is 1. The Balaban J connectivity index is 2.87. The SMILES string of the molecule is C=C/C=C\c1c(C)nc2ccccc2c1C(C)=O. The lowest BCUT2D eigenvalue weighted by molar-refractivity contribution is 0.101. The van der Waals surface area contributed by atoms with E-state index in [-0.39, 0.29) is 5.78 Å². The first kappa shape index (κ1) is 12.2. The number of fused-ring (bicyclic) bond motifs is 1. The van der Waals surface area contributed by atoms with E-state index in [4.69, 9.17) is 0 Å². The summed E-state index contributed by atoms with van der Waals surface area (Å²) in [6.07, 6.45) is 5.41. The molecule has 0 atom stereocenters. The van der Waals surface area contributed by atoms with Crippen LogP contribution >= 0.6 is 0 Å². The zero-order chi connectivity index (χ0) is 13.1. The van der Waals surface area contributed by atoms with E-state index in [0.29, 0.717) is 0 Å². The normalized spacial score (nSPS) is 11.0. The van der Waals surface area contributed by atoms with E-state index in [1.54, 1.807) is 13.0 Å². The first-order valence-electron chi connectivity index (χ1n) is 5.84.